The van der Waals surface area contributed by atoms with Crippen LogP contribution in [0.15, 0.2) is 36.5 Å². The van der Waals surface area contributed by atoms with Gasteiger partial charge in [0.25, 0.3) is 0 Å². The number of aromatic amines is 1. The molecule has 1 amide bonds. The lowest BCUT2D eigenvalue weighted by Gasteiger charge is -2.27. The predicted molar refractivity (Wildman–Crippen MR) is 107 cm³/mol. The van der Waals surface area contributed by atoms with Crippen molar-refractivity contribution >= 4 is 6.09 Å². The van der Waals surface area contributed by atoms with Gasteiger partial charge in [-0.1, -0.05) is 62.4 Å². The maximum Gasteiger partial charge on any atom is 0.408 e. The molecular weight excluding hydrogens is 338 g/mol. The second-order valence-electron chi connectivity index (χ2n) is 8.49. The summed E-state index contributed by atoms with van der Waals surface area (Å²) in [5.41, 5.74) is 1.54. The summed E-state index contributed by atoms with van der Waals surface area (Å²) in [6.07, 6.45) is 8.66. The van der Waals surface area contributed by atoms with Crippen molar-refractivity contribution in [1.82, 2.24) is 15.3 Å². The monoisotopic (exact) mass is 369 g/mol. The molecule has 1 aliphatic rings. The molecule has 1 heterocycles. The van der Waals surface area contributed by atoms with Gasteiger partial charge in [-0.15, -0.1) is 0 Å². The van der Waals surface area contributed by atoms with Gasteiger partial charge in [-0.25, -0.2) is 9.78 Å². The van der Waals surface area contributed by atoms with Gasteiger partial charge >= 0.3 is 6.09 Å². The smallest absolute Gasteiger partial charge is 0.408 e. The Morgan fingerprint density at radius 1 is 1.22 bits per heavy atom. The van der Waals surface area contributed by atoms with Gasteiger partial charge in [0.15, 0.2) is 0 Å². The number of amides is 1. The molecule has 5 heteroatoms. The molecule has 0 radical (unpaired) electrons. The standard InChI is InChI=1S/C22H31N3O2/c1-22(2,3)27-21(26)25-18(14-16-10-6-4-7-11-16)20-23-15-19(24-20)17-12-8-5-9-13-17/h5,8-9,12-13,15-16,18H,4,6-7,10-11,14H2,1-3H3,(H,23,24)(H,25,26)/t18-/m1/s1. The van der Waals surface area contributed by atoms with Gasteiger partial charge in [0, 0.05) is 0 Å². The van der Waals surface area contributed by atoms with E-state index in [1.165, 1.54) is 32.1 Å². The number of imidazole rings is 1. The molecule has 0 bridgehead atoms. The summed E-state index contributed by atoms with van der Waals surface area (Å²) in [6.45, 7) is 5.63. The molecule has 0 saturated heterocycles. The zero-order chi connectivity index (χ0) is 19.3. The van der Waals surface area contributed by atoms with Crippen LogP contribution in [0.5, 0.6) is 0 Å². The number of aromatic nitrogens is 2. The Hall–Kier alpha value is -2.30. The number of alkyl carbamates (subject to hydrolysis) is 1. The van der Waals surface area contributed by atoms with Gasteiger partial charge in [0.2, 0.25) is 0 Å². The highest BCUT2D eigenvalue weighted by Gasteiger charge is 2.26. The largest absolute Gasteiger partial charge is 0.444 e. The van der Waals surface area contributed by atoms with Crippen LogP contribution in [0.2, 0.25) is 0 Å². The van der Waals surface area contributed by atoms with Crippen molar-refractivity contribution in [2.24, 2.45) is 5.92 Å². The van der Waals surface area contributed by atoms with Gasteiger partial charge in [0.05, 0.1) is 17.9 Å². The Labute approximate surface area is 161 Å². The van der Waals surface area contributed by atoms with Crippen molar-refractivity contribution in [3.05, 3.63) is 42.4 Å². The van der Waals surface area contributed by atoms with Gasteiger partial charge in [-0.3, -0.25) is 0 Å². The molecule has 2 aromatic rings. The minimum atomic E-state index is -0.516. The van der Waals surface area contributed by atoms with Crippen LogP contribution < -0.4 is 5.32 Å². The maximum absolute atomic E-state index is 12.4. The number of nitrogens with one attached hydrogen (secondary N) is 2. The Balaban J connectivity index is 1.76. The van der Waals surface area contributed by atoms with E-state index >= 15 is 0 Å². The van der Waals surface area contributed by atoms with Crippen LogP contribution in [-0.2, 0) is 4.74 Å². The van der Waals surface area contributed by atoms with E-state index in [2.05, 4.69) is 27.4 Å². The molecule has 27 heavy (non-hydrogen) atoms. The Morgan fingerprint density at radius 3 is 2.59 bits per heavy atom. The number of carbonyl (C=O) groups is 1. The molecule has 1 fully saturated rings. The summed E-state index contributed by atoms with van der Waals surface area (Å²) in [7, 11) is 0. The number of ether oxygens (including phenoxy) is 1. The molecule has 0 unspecified atom stereocenters. The minimum Gasteiger partial charge on any atom is -0.444 e. The van der Waals surface area contributed by atoms with Gasteiger partial charge in [-0.05, 0) is 38.7 Å². The molecule has 1 aromatic heterocycles. The fraction of sp³-hybridized carbons (Fsp3) is 0.545. The average molecular weight is 370 g/mol. The lowest BCUT2D eigenvalue weighted by Crippen LogP contribution is -2.36. The van der Waals surface area contributed by atoms with Crippen LogP contribution in [0.25, 0.3) is 11.3 Å². The second kappa shape index (κ2) is 8.59. The molecule has 1 saturated carbocycles. The van der Waals surface area contributed by atoms with Crippen molar-refractivity contribution in [2.45, 2.75) is 70.9 Å². The van der Waals surface area contributed by atoms with Crippen LogP contribution in [0.3, 0.4) is 0 Å². The third-order valence-corrected chi connectivity index (χ3v) is 5.00. The van der Waals surface area contributed by atoms with E-state index in [4.69, 9.17) is 4.74 Å². The molecule has 0 aliphatic heterocycles. The van der Waals surface area contributed by atoms with Crippen LogP contribution in [0.1, 0.15) is 71.2 Å². The molecule has 1 atom stereocenters. The lowest BCUT2D eigenvalue weighted by atomic mass is 9.84. The number of hydrogen-bond acceptors (Lipinski definition) is 3. The number of rotatable bonds is 5. The van der Waals surface area contributed by atoms with E-state index in [1.54, 1.807) is 0 Å². The lowest BCUT2D eigenvalue weighted by molar-refractivity contribution is 0.0491. The normalized spacial score (nSPS) is 16.7. The number of hydrogen-bond donors (Lipinski definition) is 2. The van der Waals surface area contributed by atoms with Gasteiger partial charge in [-0.2, -0.15) is 0 Å². The van der Waals surface area contributed by atoms with E-state index in [0.29, 0.717) is 5.92 Å². The number of H-pyrrole nitrogens is 1. The maximum atomic E-state index is 12.4. The molecule has 2 N–H and O–H groups in total. The molecular formula is C22H31N3O2. The molecule has 1 aliphatic carbocycles. The predicted octanol–water partition coefficient (Wildman–Crippen LogP) is 5.61. The highest BCUT2D eigenvalue weighted by atomic mass is 16.6. The Morgan fingerprint density at radius 2 is 1.93 bits per heavy atom. The van der Waals surface area contributed by atoms with E-state index in [0.717, 1.165) is 23.5 Å². The SMILES string of the molecule is CC(C)(C)OC(=O)N[C@H](CC1CCCCC1)c1ncc(-c2ccccc2)[nH]1. The zero-order valence-electron chi connectivity index (χ0n) is 16.6. The van der Waals surface area contributed by atoms with Gasteiger partial charge < -0.3 is 15.0 Å². The fourth-order valence-electron chi connectivity index (χ4n) is 3.72. The zero-order valence-corrected chi connectivity index (χ0v) is 16.6. The van der Waals surface area contributed by atoms with Crippen LogP contribution >= 0.6 is 0 Å². The van der Waals surface area contributed by atoms with Crippen LogP contribution in [-0.4, -0.2) is 21.7 Å². The fourth-order valence-corrected chi connectivity index (χ4v) is 3.72. The number of benzene rings is 1. The topological polar surface area (TPSA) is 67.0 Å². The summed E-state index contributed by atoms with van der Waals surface area (Å²) in [6, 6.07) is 9.95. The minimum absolute atomic E-state index is 0.166. The summed E-state index contributed by atoms with van der Waals surface area (Å²) < 4.78 is 5.48. The molecule has 1 aromatic carbocycles. The van der Waals surface area contributed by atoms with Crippen molar-refractivity contribution < 1.29 is 9.53 Å². The van der Waals surface area contributed by atoms with E-state index in [9.17, 15) is 4.79 Å². The summed E-state index contributed by atoms with van der Waals surface area (Å²) in [5, 5.41) is 3.05. The number of nitrogens with zero attached hydrogens (tertiary/aromatic N) is 1. The Bertz CT molecular complexity index is 728. The first-order chi connectivity index (χ1) is 12.9. The van der Waals surface area contributed by atoms with Crippen molar-refractivity contribution in [3.8, 4) is 11.3 Å². The highest BCUT2D eigenvalue weighted by Crippen LogP contribution is 2.32. The van der Waals surface area contributed by atoms with E-state index in [-0.39, 0.29) is 12.1 Å². The van der Waals surface area contributed by atoms with E-state index in [1.807, 2.05) is 45.2 Å². The first-order valence-corrected chi connectivity index (χ1v) is 10.0. The van der Waals surface area contributed by atoms with Crippen molar-refractivity contribution in [3.63, 3.8) is 0 Å². The van der Waals surface area contributed by atoms with Crippen LogP contribution in [0.4, 0.5) is 4.79 Å². The highest BCUT2D eigenvalue weighted by molar-refractivity contribution is 5.68. The third kappa shape index (κ3) is 5.84. The van der Waals surface area contributed by atoms with Gasteiger partial charge in [0.1, 0.15) is 11.4 Å². The average Bonchev–Trinajstić information content (AvgIpc) is 3.11. The second-order valence-corrected chi connectivity index (χ2v) is 8.49. The molecule has 146 valence electrons. The molecule has 5 nitrogen and oxygen atoms in total. The summed E-state index contributed by atoms with van der Waals surface area (Å²) in [5.74, 6) is 1.41. The Kier molecular flexibility index (Phi) is 6.19. The third-order valence-electron chi connectivity index (χ3n) is 5.00. The summed E-state index contributed by atoms with van der Waals surface area (Å²) in [4.78, 5) is 20.4. The molecule has 3 rings (SSSR count). The molecule has 0 spiro atoms. The van der Waals surface area contributed by atoms with Crippen LogP contribution in [0, 0.1) is 5.92 Å². The summed E-state index contributed by atoms with van der Waals surface area (Å²) >= 11 is 0. The van der Waals surface area contributed by atoms with Crippen molar-refractivity contribution in [1.29, 1.82) is 0 Å². The van der Waals surface area contributed by atoms with E-state index < -0.39 is 5.60 Å². The first kappa shape index (κ1) is 19.5. The van der Waals surface area contributed by atoms with Crippen molar-refractivity contribution in [2.75, 3.05) is 0 Å². The quantitative estimate of drug-likeness (QED) is 0.719. The number of carbonyl (C=O) groups excluding carboxylic acids is 1. The first-order valence-electron chi connectivity index (χ1n) is 10.0.